The average Bonchev–Trinajstić information content (AvgIpc) is 2.72. The van der Waals surface area contributed by atoms with E-state index in [0.717, 1.165) is 64.5 Å². The summed E-state index contributed by atoms with van der Waals surface area (Å²) >= 11 is 0. The van der Waals surface area contributed by atoms with Gasteiger partial charge in [-0.15, -0.1) is 0 Å². The Morgan fingerprint density at radius 3 is 2.54 bits per heavy atom. The van der Waals surface area contributed by atoms with Gasteiger partial charge < -0.3 is 15.5 Å². The zero-order chi connectivity index (χ0) is 20.0. The molecule has 1 aromatic carbocycles. The molecule has 1 amide bonds. The Morgan fingerprint density at radius 1 is 1.14 bits per heavy atom. The van der Waals surface area contributed by atoms with Gasteiger partial charge in [-0.25, -0.2) is 0 Å². The summed E-state index contributed by atoms with van der Waals surface area (Å²) in [5, 5.41) is 6.34. The van der Waals surface area contributed by atoms with E-state index >= 15 is 0 Å². The smallest absolute Gasteiger partial charge is 0.355 e. The van der Waals surface area contributed by atoms with Gasteiger partial charge in [0.15, 0.2) is 0 Å². The number of piperazine rings is 1. The Morgan fingerprint density at radius 2 is 1.86 bits per heavy atom. The normalized spacial score (nSPS) is 20.7. The molecule has 0 spiro atoms. The third-order valence-electron chi connectivity index (χ3n) is 6.03. The van der Waals surface area contributed by atoms with Crippen LogP contribution in [0.2, 0.25) is 0 Å². The molecule has 156 valence electrons. The van der Waals surface area contributed by atoms with Crippen LogP contribution in [0.3, 0.4) is 0 Å². The number of hydrogen-bond acceptors (Lipinski definition) is 3. The van der Waals surface area contributed by atoms with Crippen molar-refractivity contribution < 1.29 is 18.0 Å². The molecule has 1 aliphatic heterocycles. The number of carbonyl (C=O) groups is 1. The molecular formula is C21H30F3N3O. The number of alkyl halides is 3. The second-order valence-corrected chi connectivity index (χ2v) is 7.92. The lowest BCUT2D eigenvalue weighted by Crippen LogP contribution is -2.47. The predicted octanol–water partition coefficient (Wildman–Crippen LogP) is 3.32. The predicted molar refractivity (Wildman–Crippen MR) is 103 cm³/mol. The second-order valence-electron chi connectivity index (χ2n) is 7.92. The molecule has 1 saturated heterocycles. The second kappa shape index (κ2) is 9.27. The summed E-state index contributed by atoms with van der Waals surface area (Å²) in [6.45, 7) is 5.50. The zero-order valence-electron chi connectivity index (χ0n) is 16.3. The lowest BCUT2D eigenvalue weighted by Gasteiger charge is -2.37. The first-order chi connectivity index (χ1) is 13.4. The monoisotopic (exact) mass is 397 g/mol. The summed E-state index contributed by atoms with van der Waals surface area (Å²) in [5.74, 6) is -0.119. The molecule has 0 bridgehead atoms. The van der Waals surface area contributed by atoms with Gasteiger partial charge >= 0.3 is 6.18 Å². The van der Waals surface area contributed by atoms with Crippen molar-refractivity contribution in [1.82, 2.24) is 15.5 Å². The van der Waals surface area contributed by atoms with E-state index in [1.807, 2.05) is 0 Å². The van der Waals surface area contributed by atoms with Crippen molar-refractivity contribution in [2.75, 3.05) is 39.3 Å². The summed E-state index contributed by atoms with van der Waals surface area (Å²) < 4.78 is 39.5. The van der Waals surface area contributed by atoms with E-state index in [9.17, 15) is 18.0 Å². The lowest BCUT2D eigenvalue weighted by molar-refractivity contribution is -0.138. The highest BCUT2D eigenvalue weighted by molar-refractivity contribution is 5.88. The molecule has 0 aromatic heterocycles. The van der Waals surface area contributed by atoms with Crippen LogP contribution in [-0.2, 0) is 16.4 Å². The fourth-order valence-electron chi connectivity index (χ4n) is 4.40. The van der Waals surface area contributed by atoms with Crippen LogP contribution < -0.4 is 10.6 Å². The molecule has 4 nitrogen and oxygen atoms in total. The van der Waals surface area contributed by atoms with E-state index in [-0.39, 0.29) is 5.91 Å². The molecule has 1 heterocycles. The maximum atomic E-state index is 13.2. The Labute approximate surface area is 164 Å². The van der Waals surface area contributed by atoms with E-state index in [1.165, 1.54) is 12.1 Å². The summed E-state index contributed by atoms with van der Waals surface area (Å²) in [4.78, 5) is 15.5. The maximum Gasteiger partial charge on any atom is 0.416 e. The maximum absolute atomic E-state index is 13.2. The van der Waals surface area contributed by atoms with E-state index in [0.29, 0.717) is 24.9 Å². The van der Waals surface area contributed by atoms with Crippen molar-refractivity contribution in [3.63, 3.8) is 0 Å². The molecular weight excluding hydrogens is 367 g/mol. The number of nitrogens with zero attached hydrogens (tertiary/aromatic N) is 1. The van der Waals surface area contributed by atoms with Gasteiger partial charge in [0.25, 0.3) is 0 Å². The molecule has 2 fully saturated rings. The van der Waals surface area contributed by atoms with E-state index in [1.54, 1.807) is 6.07 Å². The number of hydrogen-bond donors (Lipinski definition) is 2. The van der Waals surface area contributed by atoms with Crippen molar-refractivity contribution in [2.45, 2.75) is 50.1 Å². The first-order valence-corrected chi connectivity index (χ1v) is 10.3. The van der Waals surface area contributed by atoms with Gasteiger partial charge in [-0.3, -0.25) is 4.79 Å². The molecule has 0 atom stereocenters. The van der Waals surface area contributed by atoms with Crippen molar-refractivity contribution in [3.8, 4) is 0 Å². The SMILES string of the molecule is O=C(NCCCN1CCNCC1)C1(c2cccc(C(F)(F)F)c2)CCCCC1. The number of rotatable bonds is 6. The van der Waals surface area contributed by atoms with E-state index in [2.05, 4.69) is 15.5 Å². The van der Waals surface area contributed by atoms with Crippen LogP contribution in [-0.4, -0.2) is 50.1 Å². The molecule has 2 N–H and O–H groups in total. The number of halogens is 3. The third kappa shape index (κ3) is 5.06. The van der Waals surface area contributed by atoms with Gasteiger partial charge in [0, 0.05) is 32.7 Å². The average molecular weight is 397 g/mol. The quantitative estimate of drug-likeness (QED) is 0.724. The fraction of sp³-hybridized carbons (Fsp3) is 0.667. The van der Waals surface area contributed by atoms with Gasteiger partial charge in [-0.05, 0) is 37.4 Å². The van der Waals surface area contributed by atoms with E-state index in [4.69, 9.17) is 0 Å². The first kappa shape index (κ1) is 21.1. The molecule has 3 rings (SSSR count). The highest BCUT2D eigenvalue weighted by atomic mass is 19.4. The largest absolute Gasteiger partial charge is 0.416 e. The Balaban J connectivity index is 1.66. The van der Waals surface area contributed by atoms with Crippen LogP contribution in [0.5, 0.6) is 0 Å². The minimum Gasteiger partial charge on any atom is -0.355 e. The van der Waals surface area contributed by atoms with Gasteiger partial charge in [-0.1, -0.05) is 37.5 Å². The molecule has 0 unspecified atom stereocenters. The molecule has 28 heavy (non-hydrogen) atoms. The van der Waals surface area contributed by atoms with Crippen LogP contribution in [0.25, 0.3) is 0 Å². The minimum absolute atomic E-state index is 0.119. The standard InChI is InChI=1S/C21H30F3N3O/c22-21(23,24)18-7-4-6-17(16-18)20(8-2-1-3-9-20)19(28)26-10-5-13-27-14-11-25-12-15-27/h4,6-7,16,25H,1-3,5,8-15H2,(H,26,28). The molecule has 0 radical (unpaired) electrons. The van der Waals surface area contributed by atoms with Gasteiger partial charge in [0.05, 0.1) is 11.0 Å². The number of amides is 1. The Bertz CT molecular complexity index is 651. The number of carbonyl (C=O) groups excluding carboxylic acids is 1. The van der Waals surface area contributed by atoms with Crippen molar-refractivity contribution in [2.24, 2.45) is 0 Å². The van der Waals surface area contributed by atoms with Crippen molar-refractivity contribution in [3.05, 3.63) is 35.4 Å². The Hall–Kier alpha value is -1.60. The molecule has 1 aromatic rings. The van der Waals surface area contributed by atoms with Crippen molar-refractivity contribution in [1.29, 1.82) is 0 Å². The summed E-state index contributed by atoms with van der Waals surface area (Å²) in [7, 11) is 0. The molecule has 1 aliphatic carbocycles. The summed E-state index contributed by atoms with van der Waals surface area (Å²) in [6, 6.07) is 5.35. The molecule has 7 heteroatoms. The fourth-order valence-corrected chi connectivity index (χ4v) is 4.40. The highest BCUT2D eigenvalue weighted by Crippen LogP contribution is 2.41. The lowest BCUT2D eigenvalue weighted by atomic mass is 9.68. The summed E-state index contributed by atoms with van der Waals surface area (Å²) in [5.41, 5.74) is -1.02. The van der Waals surface area contributed by atoms with Crippen LogP contribution in [0.4, 0.5) is 13.2 Å². The van der Waals surface area contributed by atoms with Gasteiger partial charge in [-0.2, -0.15) is 13.2 Å². The molecule has 2 aliphatic rings. The van der Waals surface area contributed by atoms with Crippen molar-refractivity contribution >= 4 is 5.91 Å². The van der Waals surface area contributed by atoms with E-state index < -0.39 is 17.2 Å². The number of nitrogens with one attached hydrogen (secondary N) is 2. The van der Waals surface area contributed by atoms with Crippen LogP contribution in [0.15, 0.2) is 24.3 Å². The topological polar surface area (TPSA) is 44.4 Å². The van der Waals surface area contributed by atoms with Crippen LogP contribution in [0.1, 0.15) is 49.7 Å². The summed E-state index contributed by atoms with van der Waals surface area (Å²) in [6.07, 6.45) is 0.428. The van der Waals surface area contributed by atoms with Gasteiger partial charge in [0.1, 0.15) is 0 Å². The minimum atomic E-state index is -4.40. The van der Waals surface area contributed by atoms with Crippen LogP contribution >= 0.6 is 0 Å². The Kier molecular flexibility index (Phi) is 6.99. The van der Waals surface area contributed by atoms with Crippen LogP contribution in [0, 0.1) is 0 Å². The molecule has 1 saturated carbocycles. The highest BCUT2D eigenvalue weighted by Gasteiger charge is 2.42. The zero-order valence-corrected chi connectivity index (χ0v) is 16.3. The first-order valence-electron chi connectivity index (χ1n) is 10.3. The number of benzene rings is 1. The third-order valence-corrected chi connectivity index (χ3v) is 6.03. The van der Waals surface area contributed by atoms with Gasteiger partial charge in [0.2, 0.25) is 5.91 Å².